The van der Waals surface area contributed by atoms with Crippen molar-refractivity contribution in [3.63, 3.8) is 0 Å². The second kappa shape index (κ2) is 5.15. The van der Waals surface area contributed by atoms with E-state index in [1.54, 1.807) is 0 Å². The molecule has 2 nitrogen and oxygen atoms in total. The lowest BCUT2D eigenvalue weighted by Gasteiger charge is -2.02. The lowest BCUT2D eigenvalue weighted by molar-refractivity contribution is 0.983. The maximum atomic E-state index is 5.76. The summed E-state index contributed by atoms with van der Waals surface area (Å²) in [7, 11) is 0. The van der Waals surface area contributed by atoms with Gasteiger partial charge in [0.05, 0.1) is 11.5 Å². The minimum atomic E-state index is 0.693. The van der Waals surface area contributed by atoms with E-state index >= 15 is 0 Å². The SMILES string of the molecule is CCCC(N)=Nc1cc(C)ccc1Br. The van der Waals surface area contributed by atoms with Crippen LogP contribution in [0.3, 0.4) is 0 Å². The third-order valence-electron chi connectivity index (χ3n) is 1.87. The molecule has 0 aliphatic heterocycles. The average molecular weight is 255 g/mol. The van der Waals surface area contributed by atoms with E-state index in [-0.39, 0.29) is 0 Å². The molecule has 0 heterocycles. The van der Waals surface area contributed by atoms with E-state index in [0.29, 0.717) is 5.84 Å². The molecule has 1 aromatic carbocycles. The Morgan fingerprint density at radius 3 is 2.86 bits per heavy atom. The van der Waals surface area contributed by atoms with Gasteiger partial charge in [0.1, 0.15) is 0 Å². The number of amidine groups is 1. The van der Waals surface area contributed by atoms with Crippen LogP contribution in [0.1, 0.15) is 25.3 Å². The van der Waals surface area contributed by atoms with Gasteiger partial charge in [-0.05, 0) is 47.0 Å². The molecular formula is C11H15BrN2. The average Bonchev–Trinajstić information content (AvgIpc) is 2.12. The maximum Gasteiger partial charge on any atom is 0.0996 e. The molecule has 0 saturated heterocycles. The van der Waals surface area contributed by atoms with Crippen LogP contribution in [0.15, 0.2) is 27.7 Å². The van der Waals surface area contributed by atoms with E-state index in [4.69, 9.17) is 5.73 Å². The first-order valence-electron chi connectivity index (χ1n) is 4.72. The maximum absolute atomic E-state index is 5.76. The number of rotatable bonds is 3. The van der Waals surface area contributed by atoms with Gasteiger partial charge in [-0.25, -0.2) is 4.99 Å². The van der Waals surface area contributed by atoms with Gasteiger partial charge in [-0.2, -0.15) is 0 Å². The van der Waals surface area contributed by atoms with Crippen molar-refractivity contribution in [1.82, 2.24) is 0 Å². The molecule has 0 aliphatic carbocycles. The van der Waals surface area contributed by atoms with Crippen LogP contribution in [-0.2, 0) is 0 Å². The van der Waals surface area contributed by atoms with Gasteiger partial charge in [-0.1, -0.05) is 13.0 Å². The van der Waals surface area contributed by atoms with E-state index in [2.05, 4.69) is 27.8 Å². The fourth-order valence-corrected chi connectivity index (χ4v) is 1.51. The summed E-state index contributed by atoms with van der Waals surface area (Å²) < 4.78 is 0.988. The van der Waals surface area contributed by atoms with Crippen molar-refractivity contribution < 1.29 is 0 Å². The summed E-state index contributed by atoms with van der Waals surface area (Å²) in [6.07, 6.45) is 1.87. The van der Waals surface area contributed by atoms with Crippen molar-refractivity contribution >= 4 is 27.5 Å². The molecule has 0 amide bonds. The number of benzene rings is 1. The molecule has 0 atom stereocenters. The second-order valence-electron chi connectivity index (χ2n) is 3.31. The van der Waals surface area contributed by atoms with Gasteiger partial charge in [0.15, 0.2) is 0 Å². The van der Waals surface area contributed by atoms with Crippen LogP contribution in [0.2, 0.25) is 0 Å². The summed E-state index contributed by atoms with van der Waals surface area (Å²) in [5, 5.41) is 0. The van der Waals surface area contributed by atoms with Crippen molar-refractivity contribution in [3.05, 3.63) is 28.2 Å². The minimum absolute atomic E-state index is 0.693. The van der Waals surface area contributed by atoms with Crippen LogP contribution in [0.25, 0.3) is 0 Å². The highest BCUT2D eigenvalue weighted by Crippen LogP contribution is 2.26. The molecule has 3 heteroatoms. The van der Waals surface area contributed by atoms with E-state index in [1.807, 2.05) is 25.1 Å². The van der Waals surface area contributed by atoms with Crippen LogP contribution < -0.4 is 5.73 Å². The number of halogens is 1. The monoisotopic (exact) mass is 254 g/mol. The number of nitrogens with zero attached hydrogens (tertiary/aromatic N) is 1. The Bertz CT molecular complexity index is 345. The summed E-state index contributed by atoms with van der Waals surface area (Å²) in [6.45, 7) is 4.13. The zero-order valence-electron chi connectivity index (χ0n) is 8.55. The smallest absolute Gasteiger partial charge is 0.0996 e. The fraction of sp³-hybridized carbons (Fsp3) is 0.364. The minimum Gasteiger partial charge on any atom is -0.387 e. The van der Waals surface area contributed by atoms with Gasteiger partial charge in [0.2, 0.25) is 0 Å². The third kappa shape index (κ3) is 3.14. The zero-order chi connectivity index (χ0) is 10.6. The summed E-state index contributed by atoms with van der Waals surface area (Å²) >= 11 is 3.45. The van der Waals surface area contributed by atoms with E-state index in [0.717, 1.165) is 23.0 Å². The van der Waals surface area contributed by atoms with Crippen molar-refractivity contribution in [1.29, 1.82) is 0 Å². The lowest BCUT2D eigenvalue weighted by atomic mass is 10.2. The molecular weight excluding hydrogens is 240 g/mol. The van der Waals surface area contributed by atoms with Gasteiger partial charge in [-0.3, -0.25) is 0 Å². The summed E-state index contributed by atoms with van der Waals surface area (Å²) in [6, 6.07) is 6.05. The largest absolute Gasteiger partial charge is 0.387 e. The molecule has 0 aromatic heterocycles. The van der Waals surface area contributed by atoms with Crippen LogP contribution in [0, 0.1) is 6.92 Å². The molecule has 0 bridgehead atoms. The molecule has 0 fully saturated rings. The van der Waals surface area contributed by atoms with Crippen LogP contribution in [0.4, 0.5) is 5.69 Å². The number of aliphatic imine (C=N–C) groups is 1. The molecule has 14 heavy (non-hydrogen) atoms. The first-order valence-corrected chi connectivity index (χ1v) is 5.52. The van der Waals surface area contributed by atoms with Crippen molar-refractivity contribution in [2.75, 3.05) is 0 Å². The van der Waals surface area contributed by atoms with Gasteiger partial charge in [0, 0.05) is 10.9 Å². The van der Waals surface area contributed by atoms with Crippen molar-refractivity contribution in [3.8, 4) is 0 Å². The first-order chi connectivity index (χ1) is 6.63. The predicted molar refractivity (Wildman–Crippen MR) is 65.1 cm³/mol. The molecule has 0 spiro atoms. The molecule has 2 N–H and O–H groups in total. The van der Waals surface area contributed by atoms with Crippen LogP contribution in [0.5, 0.6) is 0 Å². The molecule has 0 unspecified atom stereocenters. The van der Waals surface area contributed by atoms with Crippen molar-refractivity contribution in [2.45, 2.75) is 26.7 Å². The Hall–Kier alpha value is -0.830. The number of aryl methyl sites for hydroxylation is 1. The van der Waals surface area contributed by atoms with Crippen LogP contribution >= 0.6 is 15.9 Å². The summed E-state index contributed by atoms with van der Waals surface area (Å²) in [4.78, 5) is 4.36. The summed E-state index contributed by atoms with van der Waals surface area (Å²) in [5.74, 6) is 0.693. The Morgan fingerprint density at radius 2 is 2.21 bits per heavy atom. The van der Waals surface area contributed by atoms with E-state index in [9.17, 15) is 0 Å². The lowest BCUT2D eigenvalue weighted by Crippen LogP contribution is -2.09. The first kappa shape index (κ1) is 11.2. The number of hydrogen-bond acceptors (Lipinski definition) is 1. The molecule has 76 valence electrons. The normalized spacial score (nSPS) is 11.8. The Balaban J connectivity index is 2.95. The highest BCUT2D eigenvalue weighted by atomic mass is 79.9. The van der Waals surface area contributed by atoms with Gasteiger partial charge < -0.3 is 5.73 Å². The van der Waals surface area contributed by atoms with E-state index < -0.39 is 0 Å². The van der Waals surface area contributed by atoms with Gasteiger partial charge in [-0.15, -0.1) is 0 Å². The van der Waals surface area contributed by atoms with Crippen molar-refractivity contribution in [2.24, 2.45) is 10.7 Å². The highest BCUT2D eigenvalue weighted by molar-refractivity contribution is 9.10. The molecule has 0 saturated carbocycles. The Labute approximate surface area is 93.4 Å². The topological polar surface area (TPSA) is 38.4 Å². The fourth-order valence-electron chi connectivity index (χ4n) is 1.18. The molecule has 1 rings (SSSR count). The van der Waals surface area contributed by atoms with E-state index in [1.165, 1.54) is 5.56 Å². The quantitative estimate of drug-likeness (QED) is 0.651. The standard InChI is InChI=1S/C11H15BrN2/c1-3-4-11(13)14-10-7-8(2)5-6-9(10)12/h5-7H,3-4H2,1-2H3,(H2,13,14). The zero-order valence-corrected chi connectivity index (χ0v) is 10.1. The molecule has 0 radical (unpaired) electrons. The Morgan fingerprint density at radius 1 is 1.50 bits per heavy atom. The number of hydrogen-bond donors (Lipinski definition) is 1. The Kier molecular flexibility index (Phi) is 4.14. The van der Waals surface area contributed by atoms with Crippen LogP contribution in [-0.4, -0.2) is 5.84 Å². The summed E-state index contributed by atoms with van der Waals surface area (Å²) in [5.41, 5.74) is 7.87. The number of nitrogens with two attached hydrogens (primary N) is 1. The van der Waals surface area contributed by atoms with Gasteiger partial charge in [0.25, 0.3) is 0 Å². The predicted octanol–water partition coefficient (Wildman–Crippen LogP) is 3.55. The molecule has 0 aliphatic rings. The third-order valence-corrected chi connectivity index (χ3v) is 2.54. The highest BCUT2D eigenvalue weighted by Gasteiger charge is 1.99. The second-order valence-corrected chi connectivity index (χ2v) is 4.16. The molecule has 1 aromatic rings. The van der Waals surface area contributed by atoms with Gasteiger partial charge >= 0.3 is 0 Å².